The maximum atomic E-state index is 5.02. The van der Waals surface area contributed by atoms with Crippen LogP contribution in [0, 0.1) is 12.3 Å². The summed E-state index contributed by atoms with van der Waals surface area (Å²) in [6.07, 6.45) is 3.10. The maximum Gasteiger partial charge on any atom is 0.149 e. The van der Waals surface area contributed by atoms with Gasteiger partial charge in [-0.1, -0.05) is 57.2 Å². The molecule has 0 bridgehead atoms. The average Bonchev–Trinajstić information content (AvgIpc) is 3.37. The van der Waals surface area contributed by atoms with Gasteiger partial charge in [-0.2, -0.15) is 0 Å². The molecule has 7 rings (SSSR count). The number of hydrogen-bond acceptors (Lipinski definition) is 2. The molecule has 152 valence electrons. The molecule has 0 N–H and O–H groups in total. The number of aromatic nitrogens is 3. The normalized spacial score (nSPS) is 13.3. The second kappa shape index (κ2) is 5.57. The van der Waals surface area contributed by atoms with Gasteiger partial charge in [-0.15, -0.1) is 11.3 Å². The Labute approximate surface area is 183 Å². The Kier molecular flexibility index (Phi) is 3.15. The van der Waals surface area contributed by atoms with Crippen LogP contribution in [0.15, 0.2) is 54.7 Å². The van der Waals surface area contributed by atoms with Crippen LogP contribution in [0.2, 0.25) is 0 Å². The number of thiophene rings is 1. The van der Waals surface area contributed by atoms with Crippen LogP contribution < -0.4 is 0 Å². The number of hydrogen-bond donors (Lipinski definition) is 0. The van der Waals surface area contributed by atoms with E-state index in [0.717, 1.165) is 12.1 Å². The summed E-state index contributed by atoms with van der Waals surface area (Å²) in [5, 5.41) is 5.26. The van der Waals surface area contributed by atoms with Gasteiger partial charge in [0, 0.05) is 31.9 Å². The molecule has 0 saturated heterocycles. The van der Waals surface area contributed by atoms with E-state index >= 15 is 0 Å². The SMILES string of the molecule is Cc1cnc2c3c1sc(CC(C)(C)C)c3n1c3ccccc3c3c4ccccc4n2c31. The van der Waals surface area contributed by atoms with E-state index in [-0.39, 0.29) is 5.41 Å². The molecule has 2 aromatic carbocycles. The monoisotopic (exact) mass is 421 g/mol. The zero-order valence-electron chi connectivity index (χ0n) is 18.2. The Morgan fingerprint density at radius 3 is 2.19 bits per heavy atom. The van der Waals surface area contributed by atoms with E-state index in [1.54, 1.807) is 0 Å². The number of nitrogens with zero attached hydrogens (tertiary/aromatic N) is 3. The van der Waals surface area contributed by atoms with Crippen molar-refractivity contribution >= 4 is 65.4 Å². The summed E-state index contributed by atoms with van der Waals surface area (Å²) in [5.41, 5.74) is 7.67. The van der Waals surface area contributed by atoms with Crippen molar-refractivity contribution in [3.8, 4) is 0 Å². The summed E-state index contributed by atoms with van der Waals surface area (Å²) in [6, 6.07) is 17.6. The van der Waals surface area contributed by atoms with E-state index in [1.807, 2.05) is 11.3 Å². The Hall–Kier alpha value is -3.11. The molecule has 0 aliphatic heterocycles. The first-order valence-electron chi connectivity index (χ1n) is 10.9. The third-order valence-corrected chi connectivity index (χ3v) is 7.83. The molecule has 5 aromatic heterocycles. The number of para-hydroxylation sites is 2. The van der Waals surface area contributed by atoms with Gasteiger partial charge in [0.2, 0.25) is 0 Å². The Balaban J connectivity index is 1.90. The predicted octanol–water partition coefficient (Wildman–Crippen LogP) is 7.60. The third kappa shape index (κ3) is 2.11. The van der Waals surface area contributed by atoms with E-state index in [2.05, 4.69) is 91.2 Å². The van der Waals surface area contributed by atoms with Crippen LogP contribution in [0.25, 0.3) is 54.1 Å². The van der Waals surface area contributed by atoms with Crippen LogP contribution in [0.4, 0.5) is 0 Å². The van der Waals surface area contributed by atoms with Gasteiger partial charge in [0.1, 0.15) is 11.3 Å². The highest BCUT2D eigenvalue weighted by Gasteiger charge is 2.27. The fraction of sp³-hybridized carbons (Fsp3) is 0.222. The van der Waals surface area contributed by atoms with Gasteiger partial charge in [-0.25, -0.2) is 4.98 Å². The molecule has 31 heavy (non-hydrogen) atoms. The smallest absolute Gasteiger partial charge is 0.149 e. The molecule has 0 fully saturated rings. The van der Waals surface area contributed by atoms with Crippen molar-refractivity contribution in [1.82, 2.24) is 13.8 Å². The lowest BCUT2D eigenvalue weighted by molar-refractivity contribution is 0.415. The van der Waals surface area contributed by atoms with Crippen LogP contribution in [0.3, 0.4) is 0 Å². The minimum absolute atomic E-state index is 0.213. The molecular formula is C27H23N3S. The summed E-state index contributed by atoms with van der Waals surface area (Å²) in [6.45, 7) is 9.19. The molecule has 0 amide bonds. The van der Waals surface area contributed by atoms with Crippen LogP contribution >= 0.6 is 11.3 Å². The van der Waals surface area contributed by atoms with Crippen molar-refractivity contribution in [3.63, 3.8) is 0 Å². The average molecular weight is 422 g/mol. The summed E-state index contributed by atoms with van der Waals surface area (Å²) in [7, 11) is 0. The van der Waals surface area contributed by atoms with Crippen LogP contribution in [0.5, 0.6) is 0 Å². The minimum Gasteiger partial charge on any atom is -0.293 e. The Morgan fingerprint density at radius 2 is 1.52 bits per heavy atom. The van der Waals surface area contributed by atoms with E-state index in [4.69, 9.17) is 4.98 Å². The molecule has 0 radical (unpaired) electrons. The molecule has 0 atom stereocenters. The zero-order chi connectivity index (χ0) is 21.1. The van der Waals surface area contributed by atoms with Gasteiger partial charge in [0.05, 0.1) is 21.9 Å². The summed E-state index contributed by atoms with van der Waals surface area (Å²) in [4.78, 5) is 6.48. The summed E-state index contributed by atoms with van der Waals surface area (Å²) in [5.74, 6) is 0. The van der Waals surface area contributed by atoms with Gasteiger partial charge in [-0.3, -0.25) is 8.80 Å². The number of fused-ring (bicyclic) bond motifs is 8. The van der Waals surface area contributed by atoms with Crippen molar-refractivity contribution in [3.05, 3.63) is 65.2 Å². The van der Waals surface area contributed by atoms with Crippen molar-refractivity contribution in [2.75, 3.05) is 0 Å². The second-order valence-electron chi connectivity index (χ2n) is 9.98. The lowest BCUT2D eigenvalue weighted by atomic mass is 9.91. The highest BCUT2D eigenvalue weighted by molar-refractivity contribution is 7.20. The quantitative estimate of drug-likeness (QED) is 0.267. The van der Waals surface area contributed by atoms with Gasteiger partial charge < -0.3 is 0 Å². The van der Waals surface area contributed by atoms with Crippen molar-refractivity contribution < 1.29 is 0 Å². The zero-order valence-corrected chi connectivity index (χ0v) is 19.0. The number of pyridine rings is 1. The van der Waals surface area contributed by atoms with Gasteiger partial charge in [-0.05, 0) is 36.5 Å². The number of aryl methyl sites for hydroxylation is 1. The van der Waals surface area contributed by atoms with E-state index in [9.17, 15) is 0 Å². The first-order chi connectivity index (χ1) is 14.9. The third-order valence-electron chi connectivity index (χ3n) is 6.52. The predicted molar refractivity (Wildman–Crippen MR) is 133 cm³/mol. The van der Waals surface area contributed by atoms with Crippen LogP contribution in [0.1, 0.15) is 31.2 Å². The molecule has 3 nitrogen and oxygen atoms in total. The number of rotatable bonds is 1. The molecule has 0 aliphatic carbocycles. The molecule has 0 spiro atoms. The van der Waals surface area contributed by atoms with Gasteiger partial charge in [0.25, 0.3) is 0 Å². The van der Waals surface area contributed by atoms with Gasteiger partial charge >= 0.3 is 0 Å². The minimum atomic E-state index is 0.213. The molecule has 0 unspecified atom stereocenters. The highest BCUT2D eigenvalue weighted by Crippen LogP contribution is 2.46. The van der Waals surface area contributed by atoms with Crippen LogP contribution in [-0.4, -0.2) is 13.8 Å². The lowest BCUT2D eigenvalue weighted by Crippen LogP contribution is -2.09. The van der Waals surface area contributed by atoms with Crippen molar-refractivity contribution in [2.45, 2.75) is 34.1 Å². The van der Waals surface area contributed by atoms with E-state index in [1.165, 1.54) is 58.9 Å². The second-order valence-corrected chi connectivity index (χ2v) is 11.1. The number of benzene rings is 2. The summed E-state index contributed by atoms with van der Waals surface area (Å²) >= 11 is 1.96. The fourth-order valence-corrected chi connectivity index (χ4v) is 6.93. The van der Waals surface area contributed by atoms with Gasteiger partial charge in [0.15, 0.2) is 0 Å². The first-order valence-corrected chi connectivity index (χ1v) is 11.7. The van der Waals surface area contributed by atoms with Crippen molar-refractivity contribution in [2.24, 2.45) is 5.41 Å². The molecule has 4 heteroatoms. The molecule has 7 aromatic rings. The fourth-order valence-electron chi connectivity index (χ4n) is 5.38. The molecule has 0 saturated carbocycles. The highest BCUT2D eigenvalue weighted by atomic mass is 32.1. The van der Waals surface area contributed by atoms with Crippen molar-refractivity contribution in [1.29, 1.82) is 0 Å². The molecule has 0 aliphatic rings. The first kappa shape index (κ1) is 17.6. The molecular weight excluding hydrogens is 398 g/mol. The lowest BCUT2D eigenvalue weighted by Gasteiger charge is -2.17. The van der Waals surface area contributed by atoms with Crippen LogP contribution in [-0.2, 0) is 6.42 Å². The molecule has 5 heterocycles. The topological polar surface area (TPSA) is 21.7 Å². The van der Waals surface area contributed by atoms with E-state index < -0.39 is 0 Å². The Morgan fingerprint density at radius 1 is 0.871 bits per heavy atom. The largest absolute Gasteiger partial charge is 0.293 e. The standard InChI is InChI=1S/C27H23N3S/c1-15-14-28-25-22-23(20(31-24(15)22)13-27(2,3)4)29-18-11-7-5-9-16(18)21-17-10-6-8-12-19(17)30(25)26(21)29/h5-12,14H,13H2,1-4H3. The Bertz CT molecular complexity index is 1800. The van der Waals surface area contributed by atoms with E-state index in [0.29, 0.717) is 0 Å². The summed E-state index contributed by atoms with van der Waals surface area (Å²) < 4.78 is 6.29. The maximum absolute atomic E-state index is 5.02.